The van der Waals surface area contributed by atoms with Crippen LogP contribution in [0, 0.1) is 0 Å². The number of benzene rings is 3. The molecule has 10 heteroatoms. The zero-order chi connectivity index (χ0) is 24.1. The molecule has 3 aromatic carbocycles. The number of carbonyl (C=O) groups is 3. The van der Waals surface area contributed by atoms with Gasteiger partial charge in [-0.2, -0.15) is 0 Å². The van der Waals surface area contributed by atoms with Crippen LogP contribution >= 0.6 is 11.3 Å². The van der Waals surface area contributed by atoms with Crippen LogP contribution in [-0.2, 0) is 4.74 Å². The minimum Gasteiger partial charge on any atom is -0.494 e. The SMILES string of the molecule is COC(=O)c1ccc(NC(=O)Nc2cc(OC)c3nc(NC(=O)c4ccccc4)sc3c2)cc1. The third-order valence-corrected chi connectivity index (χ3v) is 5.68. The molecule has 9 nitrogen and oxygen atoms in total. The number of urea groups is 1. The number of hydrogen-bond donors (Lipinski definition) is 3. The van der Waals surface area contributed by atoms with Crippen LogP contribution in [0.1, 0.15) is 20.7 Å². The van der Waals surface area contributed by atoms with Crippen molar-refractivity contribution < 1.29 is 23.9 Å². The second-order valence-electron chi connectivity index (χ2n) is 7.01. The molecule has 3 N–H and O–H groups in total. The van der Waals surface area contributed by atoms with Crippen molar-refractivity contribution in [1.82, 2.24) is 4.98 Å². The third-order valence-electron chi connectivity index (χ3n) is 4.76. The zero-order valence-corrected chi connectivity index (χ0v) is 19.1. The molecule has 0 spiro atoms. The highest BCUT2D eigenvalue weighted by Crippen LogP contribution is 2.35. The van der Waals surface area contributed by atoms with Crippen LogP contribution in [0.5, 0.6) is 5.75 Å². The lowest BCUT2D eigenvalue weighted by Crippen LogP contribution is -2.19. The van der Waals surface area contributed by atoms with Crippen LogP contribution in [0.4, 0.5) is 21.3 Å². The minimum atomic E-state index is -0.477. The summed E-state index contributed by atoms with van der Waals surface area (Å²) >= 11 is 1.26. The average molecular weight is 477 g/mol. The van der Waals surface area contributed by atoms with Crippen LogP contribution in [0.2, 0.25) is 0 Å². The van der Waals surface area contributed by atoms with E-state index in [-0.39, 0.29) is 5.91 Å². The largest absolute Gasteiger partial charge is 0.494 e. The maximum absolute atomic E-state index is 12.5. The van der Waals surface area contributed by atoms with E-state index < -0.39 is 12.0 Å². The van der Waals surface area contributed by atoms with Crippen molar-refractivity contribution in [3.63, 3.8) is 0 Å². The lowest BCUT2D eigenvalue weighted by Gasteiger charge is -2.10. The van der Waals surface area contributed by atoms with E-state index in [2.05, 4.69) is 25.7 Å². The highest BCUT2D eigenvalue weighted by Gasteiger charge is 2.15. The number of nitrogens with one attached hydrogen (secondary N) is 3. The molecule has 0 fully saturated rings. The van der Waals surface area contributed by atoms with Gasteiger partial charge in [0.05, 0.1) is 24.5 Å². The number of anilines is 3. The van der Waals surface area contributed by atoms with Crippen molar-refractivity contribution in [3.05, 3.63) is 77.9 Å². The van der Waals surface area contributed by atoms with Gasteiger partial charge in [-0.3, -0.25) is 10.1 Å². The molecule has 0 aliphatic heterocycles. The van der Waals surface area contributed by atoms with E-state index >= 15 is 0 Å². The maximum atomic E-state index is 12.5. The first-order valence-electron chi connectivity index (χ1n) is 10.1. The summed E-state index contributed by atoms with van der Waals surface area (Å²) in [5, 5.41) is 8.65. The Morgan fingerprint density at radius 3 is 2.21 bits per heavy atom. The Balaban J connectivity index is 1.48. The standard InChI is InChI=1S/C24H20N4O5S/c1-32-18-12-17(26-23(31)25-16-10-8-15(9-11-16)22(30)33-2)13-19-20(18)27-24(34-19)28-21(29)14-6-4-3-5-7-14/h3-13H,1-2H3,(H2,25,26,31)(H,27,28,29). The Hall–Kier alpha value is -4.44. The molecule has 0 radical (unpaired) electrons. The number of ether oxygens (including phenoxy) is 2. The number of esters is 1. The van der Waals surface area contributed by atoms with Gasteiger partial charge >= 0.3 is 12.0 Å². The summed E-state index contributed by atoms with van der Waals surface area (Å²) in [6, 6.07) is 18.0. The smallest absolute Gasteiger partial charge is 0.337 e. The highest BCUT2D eigenvalue weighted by atomic mass is 32.1. The molecule has 0 unspecified atom stereocenters. The van der Waals surface area contributed by atoms with Crippen molar-refractivity contribution >= 4 is 56.0 Å². The quantitative estimate of drug-likeness (QED) is 0.338. The number of hydrogen-bond acceptors (Lipinski definition) is 7. The van der Waals surface area contributed by atoms with E-state index in [0.29, 0.717) is 38.9 Å². The molecule has 172 valence electrons. The molecule has 0 saturated heterocycles. The van der Waals surface area contributed by atoms with Gasteiger partial charge in [-0.05, 0) is 42.5 Å². The topological polar surface area (TPSA) is 119 Å². The van der Waals surface area contributed by atoms with Crippen LogP contribution in [0.15, 0.2) is 66.7 Å². The summed E-state index contributed by atoms with van der Waals surface area (Å²) in [7, 11) is 2.80. The van der Waals surface area contributed by atoms with Gasteiger partial charge in [-0.25, -0.2) is 14.6 Å². The first-order valence-corrected chi connectivity index (χ1v) is 10.9. The summed E-state index contributed by atoms with van der Waals surface area (Å²) < 4.78 is 10.8. The van der Waals surface area contributed by atoms with Gasteiger partial charge in [0.15, 0.2) is 5.13 Å². The molecule has 0 atom stereocenters. The molecule has 1 aromatic heterocycles. The number of rotatable bonds is 6. The average Bonchev–Trinajstić information content (AvgIpc) is 3.26. The van der Waals surface area contributed by atoms with Gasteiger partial charge < -0.3 is 20.1 Å². The van der Waals surface area contributed by atoms with Gasteiger partial charge in [0, 0.05) is 23.0 Å². The fraction of sp³-hybridized carbons (Fsp3) is 0.0833. The second-order valence-corrected chi connectivity index (χ2v) is 8.04. The molecule has 0 aliphatic carbocycles. The van der Waals surface area contributed by atoms with Crippen LogP contribution in [-0.4, -0.2) is 37.1 Å². The van der Waals surface area contributed by atoms with E-state index in [9.17, 15) is 14.4 Å². The van der Waals surface area contributed by atoms with E-state index in [4.69, 9.17) is 4.74 Å². The van der Waals surface area contributed by atoms with E-state index in [1.165, 1.54) is 25.6 Å². The number of aromatic nitrogens is 1. The van der Waals surface area contributed by atoms with Gasteiger partial charge in [-0.1, -0.05) is 29.5 Å². The first kappa shape index (κ1) is 22.7. The first-order chi connectivity index (χ1) is 16.5. The molecule has 4 rings (SSSR count). The molecule has 3 amide bonds. The fourth-order valence-corrected chi connectivity index (χ4v) is 4.06. The number of nitrogens with zero attached hydrogens (tertiary/aromatic N) is 1. The lowest BCUT2D eigenvalue weighted by atomic mass is 10.2. The van der Waals surface area contributed by atoms with Crippen molar-refractivity contribution in [1.29, 1.82) is 0 Å². The van der Waals surface area contributed by atoms with Crippen LogP contribution < -0.4 is 20.7 Å². The molecular weight excluding hydrogens is 456 g/mol. The molecule has 34 heavy (non-hydrogen) atoms. The number of thiazole rings is 1. The van der Waals surface area contributed by atoms with Crippen molar-refractivity contribution in [2.75, 3.05) is 30.2 Å². The van der Waals surface area contributed by atoms with E-state index in [1.54, 1.807) is 60.7 Å². The lowest BCUT2D eigenvalue weighted by molar-refractivity contribution is 0.0600. The molecule has 0 bridgehead atoms. The Kier molecular flexibility index (Phi) is 6.69. The summed E-state index contributed by atoms with van der Waals surface area (Å²) in [5.41, 5.74) is 2.45. The number of amides is 3. The minimum absolute atomic E-state index is 0.269. The number of fused-ring (bicyclic) bond motifs is 1. The fourth-order valence-electron chi connectivity index (χ4n) is 3.14. The monoisotopic (exact) mass is 476 g/mol. The molecule has 4 aromatic rings. The maximum Gasteiger partial charge on any atom is 0.337 e. The van der Waals surface area contributed by atoms with Crippen molar-refractivity contribution in [2.45, 2.75) is 0 Å². The normalized spacial score (nSPS) is 10.4. The van der Waals surface area contributed by atoms with Crippen molar-refractivity contribution in [2.24, 2.45) is 0 Å². The Bertz CT molecular complexity index is 1350. The zero-order valence-electron chi connectivity index (χ0n) is 18.2. The third kappa shape index (κ3) is 5.13. The molecule has 1 heterocycles. The Morgan fingerprint density at radius 2 is 1.53 bits per heavy atom. The number of carbonyl (C=O) groups excluding carboxylic acids is 3. The molecular formula is C24H20N4O5S. The molecule has 0 aliphatic rings. The van der Waals surface area contributed by atoms with Gasteiger partial charge in [-0.15, -0.1) is 0 Å². The predicted octanol–water partition coefficient (Wildman–Crippen LogP) is 4.99. The molecule has 0 saturated carbocycles. The van der Waals surface area contributed by atoms with Crippen molar-refractivity contribution in [3.8, 4) is 5.75 Å². The predicted molar refractivity (Wildman–Crippen MR) is 131 cm³/mol. The number of methoxy groups -OCH3 is 2. The summed E-state index contributed by atoms with van der Waals surface area (Å²) in [5.74, 6) is -0.276. The summed E-state index contributed by atoms with van der Waals surface area (Å²) in [6.07, 6.45) is 0. The second kappa shape index (κ2) is 10.0. The van der Waals surface area contributed by atoms with Crippen LogP contribution in [0.25, 0.3) is 10.2 Å². The van der Waals surface area contributed by atoms with Gasteiger partial charge in [0.25, 0.3) is 5.91 Å². The van der Waals surface area contributed by atoms with E-state index in [1.807, 2.05) is 6.07 Å². The van der Waals surface area contributed by atoms with Gasteiger partial charge in [0.2, 0.25) is 0 Å². The van der Waals surface area contributed by atoms with Gasteiger partial charge in [0.1, 0.15) is 11.3 Å². The Morgan fingerprint density at radius 1 is 0.824 bits per heavy atom. The summed E-state index contributed by atoms with van der Waals surface area (Å²) in [4.78, 5) is 40.9. The summed E-state index contributed by atoms with van der Waals surface area (Å²) in [6.45, 7) is 0. The van der Waals surface area contributed by atoms with Crippen LogP contribution in [0.3, 0.4) is 0 Å². The Labute approximate surface area is 198 Å². The van der Waals surface area contributed by atoms with E-state index in [0.717, 1.165) is 4.70 Å². The highest BCUT2D eigenvalue weighted by molar-refractivity contribution is 7.22.